The zero-order valence-corrected chi connectivity index (χ0v) is 26.7. The third-order valence-corrected chi connectivity index (χ3v) is 9.93. The number of aromatic nitrogens is 2. The van der Waals surface area contributed by atoms with Gasteiger partial charge in [0.25, 0.3) is 0 Å². The maximum absolute atomic E-state index is 5.60. The molecule has 7 aromatic carbocycles. The fourth-order valence-corrected chi connectivity index (χ4v) is 7.73. The first kappa shape index (κ1) is 27.6. The van der Waals surface area contributed by atoms with Gasteiger partial charge < -0.3 is 0 Å². The van der Waals surface area contributed by atoms with E-state index in [-0.39, 0.29) is 0 Å². The second-order valence-corrected chi connectivity index (χ2v) is 12.8. The molecule has 0 amide bonds. The van der Waals surface area contributed by atoms with E-state index < -0.39 is 0 Å². The predicted octanol–water partition coefficient (Wildman–Crippen LogP) is 12.2. The summed E-state index contributed by atoms with van der Waals surface area (Å²) in [4.78, 5) is 0. The average Bonchev–Trinajstić information content (AvgIpc) is 3.76. The van der Waals surface area contributed by atoms with Crippen molar-refractivity contribution in [3.8, 4) is 44.6 Å². The van der Waals surface area contributed by atoms with Crippen LogP contribution in [0.2, 0.25) is 0 Å². The minimum Gasteiger partial charge on any atom is -0.231 e. The summed E-state index contributed by atoms with van der Waals surface area (Å²) in [5, 5.41) is 10.5. The minimum absolute atomic E-state index is 0.993. The van der Waals surface area contributed by atoms with E-state index in [2.05, 4.69) is 187 Å². The second-order valence-electron chi connectivity index (χ2n) is 12.8. The van der Waals surface area contributed by atoms with Crippen LogP contribution in [0.4, 0.5) is 0 Å². The van der Waals surface area contributed by atoms with Crippen LogP contribution in [-0.4, -0.2) is 9.61 Å². The summed E-state index contributed by atoms with van der Waals surface area (Å²) in [6.45, 7) is 0. The Morgan fingerprint density at radius 2 is 1.00 bits per heavy atom. The minimum atomic E-state index is 0.993. The Balaban J connectivity index is 1.38. The normalized spacial score (nSPS) is 12.2. The molecule has 0 bridgehead atoms. The van der Waals surface area contributed by atoms with E-state index >= 15 is 0 Å². The molecule has 2 heterocycles. The molecule has 0 saturated carbocycles. The molecule has 2 aromatic heterocycles. The van der Waals surface area contributed by atoms with Gasteiger partial charge in [-0.1, -0.05) is 158 Å². The summed E-state index contributed by atoms with van der Waals surface area (Å²) in [6, 6.07) is 63.3. The van der Waals surface area contributed by atoms with E-state index in [0.29, 0.717) is 0 Å². The van der Waals surface area contributed by atoms with Gasteiger partial charge in [0.15, 0.2) is 0 Å². The molecule has 10 rings (SSSR count). The zero-order chi connectivity index (χ0) is 32.3. The zero-order valence-electron chi connectivity index (χ0n) is 26.7. The van der Waals surface area contributed by atoms with Gasteiger partial charge in [-0.3, -0.25) is 0 Å². The summed E-state index contributed by atoms with van der Waals surface area (Å²) in [6.07, 6.45) is 2.33. The molecule has 0 N–H and O–H groups in total. The van der Waals surface area contributed by atoms with E-state index in [1.165, 1.54) is 54.9 Å². The summed E-state index contributed by atoms with van der Waals surface area (Å²) < 4.78 is 2.20. The van der Waals surface area contributed by atoms with Crippen molar-refractivity contribution in [1.82, 2.24) is 9.61 Å². The standard InChI is InChI=1S/C47H30N2/c1-5-15-31(16-6-1)39-28-37-29-43(33-19-9-3-10-20-33)49-47(41(37)30-40(39)32-17-7-2-8-18-32)45(35-21-11-4-12-22-35)46(48-49)42-27-36-25-13-23-34-24-14-26-38(42)44(34)36/h1-30H. The van der Waals surface area contributed by atoms with Crippen molar-refractivity contribution in [2.45, 2.75) is 0 Å². The largest absolute Gasteiger partial charge is 0.231 e. The molecule has 0 radical (unpaired) electrons. The first-order valence-corrected chi connectivity index (χ1v) is 16.8. The molecule has 9 aromatic rings. The van der Waals surface area contributed by atoms with Gasteiger partial charge in [-0.2, -0.15) is 5.10 Å². The van der Waals surface area contributed by atoms with Crippen LogP contribution >= 0.6 is 0 Å². The molecular weight excluding hydrogens is 593 g/mol. The van der Waals surface area contributed by atoms with Crippen LogP contribution in [0.25, 0.3) is 83.3 Å². The molecule has 228 valence electrons. The van der Waals surface area contributed by atoms with E-state index in [1.807, 2.05) is 0 Å². The fourth-order valence-electron chi connectivity index (χ4n) is 7.73. The van der Waals surface area contributed by atoms with Crippen molar-refractivity contribution < 1.29 is 0 Å². The summed E-state index contributed by atoms with van der Waals surface area (Å²) >= 11 is 0. The Kier molecular flexibility index (Phi) is 6.22. The molecular formula is C47H30N2. The number of fused-ring (bicyclic) bond motifs is 3. The number of nitrogens with zero attached hydrogens (tertiary/aromatic N) is 2. The van der Waals surface area contributed by atoms with E-state index in [0.717, 1.165) is 39.2 Å². The SMILES string of the molecule is C1=C(c2nn3c(-c4ccccc4)cc4cc(-c5ccccc5)c(-c5ccccc5)cc4c3c2-c2ccccc2)c2cccc3cccc1c23. The van der Waals surface area contributed by atoms with Gasteiger partial charge in [0.1, 0.15) is 5.69 Å². The quantitative estimate of drug-likeness (QED) is 0.187. The van der Waals surface area contributed by atoms with E-state index in [4.69, 9.17) is 5.10 Å². The molecule has 0 fully saturated rings. The first-order chi connectivity index (χ1) is 24.3. The molecule has 0 atom stereocenters. The van der Waals surface area contributed by atoms with Crippen LogP contribution in [0.15, 0.2) is 176 Å². The van der Waals surface area contributed by atoms with Crippen LogP contribution in [0.5, 0.6) is 0 Å². The highest BCUT2D eigenvalue weighted by Gasteiger charge is 2.27. The van der Waals surface area contributed by atoms with Gasteiger partial charge in [-0.15, -0.1) is 0 Å². The third-order valence-electron chi connectivity index (χ3n) is 9.93. The summed E-state index contributed by atoms with van der Waals surface area (Å²) in [5.74, 6) is 0. The highest BCUT2D eigenvalue weighted by atomic mass is 15.2. The predicted molar refractivity (Wildman–Crippen MR) is 205 cm³/mol. The van der Waals surface area contributed by atoms with Gasteiger partial charge in [-0.25, -0.2) is 4.52 Å². The molecule has 0 aliphatic heterocycles. The number of hydrogen-bond donors (Lipinski definition) is 0. The average molecular weight is 623 g/mol. The number of hydrogen-bond acceptors (Lipinski definition) is 1. The molecule has 2 nitrogen and oxygen atoms in total. The van der Waals surface area contributed by atoms with Crippen LogP contribution in [0.3, 0.4) is 0 Å². The van der Waals surface area contributed by atoms with E-state index in [9.17, 15) is 0 Å². The lowest BCUT2D eigenvalue weighted by Crippen LogP contribution is -1.97. The Morgan fingerprint density at radius 3 is 1.65 bits per heavy atom. The number of rotatable bonds is 5. The molecule has 49 heavy (non-hydrogen) atoms. The fraction of sp³-hybridized carbons (Fsp3) is 0. The monoisotopic (exact) mass is 622 g/mol. The number of benzene rings is 7. The first-order valence-electron chi connectivity index (χ1n) is 16.8. The Labute approximate surface area is 284 Å². The highest BCUT2D eigenvalue weighted by molar-refractivity contribution is 6.17. The van der Waals surface area contributed by atoms with Crippen molar-refractivity contribution in [3.05, 3.63) is 193 Å². The molecule has 2 heteroatoms. The van der Waals surface area contributed by atoms with Crippen LogP contribution < -0.4 is 0 Å². The van der Waals surface area contributed by atoms with Gasteiger partial charge >= 0.3 is 0 Å². The maximum Gasteiger partial charge on any atom is 0.102 e. The highest BCUT2D eigenvalue weighted by Crippen LogP contribution is 2.47. The lowest BCUT2D eigenvalue weighted by Gasteiger charge is -2.16. The van der Waals surface area contributed by atoms with E-state index in [1.54, 1.807) is 0 Å². The van der Waals surface area contributed by atoms with Crippen LogP contribution in [0, 0.1) is 0 Å². The van der Waals surface area contributed by atoms with Crippen molar-refractivity contribution in [2.75, 3.05) is 0 Å². The smallest absolute Gasteiger partial charge is 0.102 e. The van der Waals surface area contributed by atoms with Gasteiger partial charge in [0.2, 0.25) is 0 Å². The lowest BCUT2D eigenvalue weighted by molar-refractivity contribution is 0.965. The molecule has 0 spiro atoms. The summed E-state index contributed by atoms with van der Waals surface area (Å²) in [7, 11) is 0. The molecule has 0 saturated heterocycles. The second kappa shape index (κ2) is 11.0. The van der Waals surface area contributed by atoms with Crippen LogP contribution in [-0.2, 0) is 0 Å². The van der Waals surface area contributed by atoms with Crippen molar-refractivity contribution in [3.63, 3.8) is 0 Å². The van der Waals surface area contributed by atoms with Crippen molar-refractivity contribution >= 4 is 38.7 Å². The van der Waals surface area contributed by atoms with Crippen molar-refractivity contribution in [1.29, 1.82) is 0 Å². The third kappa shape index (κ3) is 4.38. The molecule has 0 unspecified atom stereocenters. The van der Waals surface area contributed by atoms with Gasteiger partial charge in [0, 0.05) is 22.1 Å². The van der Waals surface area contributed by atoms with Crippen LogP contribution in [0.1, 0.15) is 16.8 Å². The maximum atomic E-state index is 5.60. The Morgan fingerprint density at radius 1 is 0.429 bits per heavy atom. The lowest BCUT2D eigenvalue weighted by atomic mass is 9.89. The molecule has 1 aliphatic rings. The van der Waals surface area contributed by atoms with Gasteiger partial charge in [0.05, 0.1) is 11.2 Å². The van der Waals surface area contributed by atoms with Gasteiger partial charge in [-0.05, 0) is 79.4 Å². The topological polar surface area (TPSA) is 17.3 Å². The molecule has 1 aliphatic carbocycles. The Hall–Kier alpha value is -6.51. The Bertz CT molecular complexity index is 2720. The summed E-state index contributed by atoms with van der Waals surface area (Å²) in [5.41, 5.74) is 15.0. The number of pyridine rings is 1. The van der Waals surface area contributed by atoms with Crippen molar-refractivity contribution in [2.24, 2.45) is 0 Å².